The molecule has 1 saturated heterocycles. The van der Waals surface area contributed by atoms with Crippen LogP contribution in [0.2, 0.25) is 0 Å². The maximum Gasteiger partial charge on any atom is 0.250 e. The van der Waals surface area contributed by atoms with E-state index in [4.69, 9.17) is 4.74 Å². The van der Waals surface area contributed by atoms with Crippen molar-refractivity contribution >= 4 is 5.91 Å². The van der Waals surface area contributed by atoms with Crippen LogP contribution in [0.15, 0.2) is 36.9 Å². The van der Waals surface area contributed by atoms with Gasteiger partial charge in [-0.25, -0.2) is 9.67 Å². The molecule has 134 valence electrons. The molecule has 25 heavy (non-hydrogen) atoms. The van der Waals surface area contributed by atoms with Crippen molar-refractivity contribution in [2.75, 3.05) is 19.7 Å². The number of likely N-dealkylation sites (tertiary alicyclic amines) is 1. The van der Waals surface area contributed by atoms with Crippen molar-refractivity contribution in [2.24, 2.45) is 0 Å². The summed E-state index contributed by atoms with van der Waals surface area (Å²) in [5.41, 5.74) is -0.738. The number of aromatic nitrogens is 3. The molecule has 0 aliphatic carbocycles. The van der Waals surface area contributed by atoms with E-state index in [0.29, 0.717) is 18.7 Å². The van der Waals surface area contributed by atoms with Crippen LogP contribution in [0.4, 0.5) is 0 Å². The second-order valence-electron chi connectivity index (χ2n) is 7.20. The number of benzene rings is 1. The van der Waals surface area contributed by atoms with Crippen molar-refractivity contribution in [3.63, 3.8) is 0 Å². The number of amides is 1. The number of nitrogens with zero attached hydrogens (tertiary/aromatic N) is 4. The number of β-amino-alcohol motifs (C(OH)–C–C–N with tert-alkyl or cyclic N) is 1. The highest BCUT2D eigenvalue weighted by Crippen LogP contribution is 2.27. The van der Waals surface area contributed by atoms with Crippen molar-refractivity contribution < 1.29 is 14.6 Å². The van der Waals surface area contributed by atoms with Gasteiger partial charge in [-0.2, -0.15) is 5.10 Å². The minimum absolute atomic E-state index is 0.0933. The fourth-order valence-electron chi connectivity index (χ4n) is 2.98. The minimum atomic E-state index is -1.04. The Morgan fingerprint density at radius 2 is 2.08 bits per heavy atom. The van der Waals surface area contributed by atoms with Gasteiger partial charge in [-0.3, -0.25) is 4.79 Å². The molecular weight excluding hydrogens is 320 g/mol. The summed E-state index contributed by atoms with van der Waals surface area (Å²) in [4.78, 5) is 18.4. The van der Waals surface area contributed by atoms with Crippen LogP contribution < -0.4 is 4.74 Å². The van der Waals surface area contributed by atoms with E-state index in [-0.39, 0.29) is 19.1 Å². The van der Waals surface area contributed by atoms with Crippen LogP contribution in [0.5, 0.6) is 5.75 Å². The molecule has 1 aliphatic rings. The van der Waals surface area contributed by atoms with Gasteiger partial charge in [0, 0.05) is 6.54 Å². The first kappa shape index (κ1) is 17.4. The number of ether oxygens (including phenoxy) is 1. The van der Waals surface area contributed by atoms with E-state index in [1.165, 1.54) is 17.3 Å². The fourth-order valence-corrected chi connectivity index (χ4v) is 2.98. The van der Waals surface area contributed by atoms with Gasteiger partial charge in [-0.15, -0.1) is 0 Å². The van der Waals surface area contributed by atoms with Crippen LogP contribution in [0.3, 0.4) is 0 Å². The lowest BCUT2D eigenvalue weighted by atomic mass is 10.0. The predicted octanol–water partition coefficient (Wildman–Crippen LogP) is 1.36. The van der Waals surface area contributed by atoms with Crippen molar-refractivity contribution in [1.82, 2.24) is 19.7 Å². The summed E-state index contributed by atoms with van der Waals surface area (Å²) in [7, 11) is 0. The molecule has 7 heteroatoms. The predicted molar refractivity (Wildman–Crippen MR) is 92.2 cm³/mol. The Kier molecular flexibility index (Phi) is 4.51. The van der Waals surface area contributed by atoms with Crippen LogP contribution >= 0.6 is 0 Å². The van der Waals surface area contributed by atoms with Gasteiger partial charge < -0.3 is 14.7 Å². The van der Waals surface area contributed by atoms with Gasteiger partial charge in [0.15, 0.2) is 0 Å². The van der Waals surface area contributed by atoms with Gasteiger partial charge >= 0.3 is 0 Å². The average molecular weight is 344 g/mol. The van der Waals surface area contributed by atoms with Gasteiger partial charge in [0.2, 0.25) is 5.91 Å². The normalized spacial score (nSPS) is 20.7. The van der Waals surface area contributed by atoms with Crippen molar-refractivity contribution in [1.29, 1.82) is 0 Å². The fraction of sp³-hybridized carbons (Fsp3) is 0.500. The van der Waals surface area contributed by atoms with Gasteiger partial charge in [-0.05, 0) is 39.3 Å². The summed E-state index contributed by atoms with van der Waals surface area (Å²) in [5, 5.41) is 14.8. The smallest absolute Gasteiger partial charge is 0.250 e. The molecule has 7 nitrogen and oxygen atoms in total. The van der Waals surface area contributed by atoms with Crippen LogP contribution in [0.1, 0.15) is 25.8 Å². The lowest BCUT2D eigenvalue weighted by molar-refractivity contribution is -0.139. The Morgan fingerprint density at radius 1 is 1.36 bits per heavy atom. The summed E-state index contributed by atoms with van der Waals surface area (Å²) < 4.78 is 7.26. The third-order valence-corrected chi connectivity index (χ3v) is 4.66. The average Bonchev–Trinajstić information content (AvgIpc) is 3.24. The number of carbonyl (C=O) groups excluding carboxylic acids is 1. The van der Waals surface area contributed by atoms with Crippen molar-refractivity contribution in [2.45, 2.75) is 38.3 Å². The molecule has 0 bridgehead atoms. The van der Waals surface area contributed by atoms with Crippen LogP contribution in [-0.2, 0) is 10.3 Å². The number of rotatable bonds is 5. The minimum Gasteiger partial charge on any atom is -0.491 e. The Labute approximate surface area is 147 Å². The zero-order chi connectivity index (χ0) is 18.1. The molecule has 1 N–H and O–H groups in total. The molecule has 0 spiro atoms. The highest BCUT2D eigenvalue weighted by molar-refractivity contribution is 5.84. The quantitative estimate of drug-likeness (QED) is 0.886. The highest BCUT2D eigenvalue weighted by atomic mass is 16.5. The molecule has 1 aromatic heterocycles. The third kappa shape index (κ3) is 3.66. The molecule has 2 heterocycles. The largest absolute Gasteiger partial charge is 0.491 e. The molecule has 1 aromatic carbocycles. The molecule has 2 aromatic rings. The summed E-state index contributed by atoms with van der Waals surface area (Å²) in [6.45, 7) is 6.49. The molecule has 1 amide bonds. The zero-order valence-electron chi connectivity index (χ0n) is 14.8. The summed E-state index contributed by atoms with van der Waals surface area (Å²) in [5.74, 6) is 0.621. The lowest BCUT2D eigenvalue weighted by Crippen LogP contribution is -2.48. The van der Waals surface area contributed by atoms with Gasteiger partial charge in [0.1, 0.15) is 36.2 Å². The van der Waals surface area contributed by atoms with E-state index in [2.05, 4.69) is 10.1 Å². The number of aliphatic hydroxyl groups is 1. The number of hydrogen-bond donors (Lipinski definition) is 1. The third-order valence-electron chi connectivity index (χ3n) is 4.66. The molecule has 1 aliphatic heterocycles. The first-order valence-corrected chi connectivity index (χ1v) is 8.37. The topological polar surface area (TPSA) is 80.5 Å². The Balaban J connectivity index is 1.62. The second kappa shape index (κ2) is 6.48. The monoisotopic (exact) mass is 344 g/mol. The van der Waals surface area contributed by atoms with E-state index in [0.717, 1.165) is 5.56 Å². The van der Waals surface area contributed by atoms with E-state index in [1.807, 2.05) is 31.2 Å². The first-order chi connectivity index (χ1) is 11.8. The van der Waals surface area contributed by atoms with Crippen LogP contribution in [0, 0.1) is 6.92 Å². The number of carbonyl (C=O) groups is 1. The second-order valence-corrected chi connectivity index (χ2v) is 7.20. The highest BCUT2D eigenvalue weighted by Gasteiger charge is 2.43. The summed E-state index contributed by atoms with van der Waals surface area (Å²) in [6, 6.07) is 7.68. The van der Waals surface area contributed by atoms with Gasteiger partial charge in [0.05, 0.1) is 6.54 Å². The maximum atomic E-state index is 12.9. The number of hydrogen-bond acceptors (Lipinski definition) is 5. The Morgan fingerprint density at radius 3 is 2.72 bits per heavy atom. The van der Waals surface area contributed by atoms with Crippen molar-refractivity contribution in [3.05, 3.63) is 42.5 Å². The van der Waals surface area contributed by atoms with E-state index in [9.17, 15) is 9.90 Å². The standard InChI is InChI=1S/C18H24N4O3/c1-14-4-6-15(7-5-14)25-11-18(24)8-9-21(10-18)16(23)17(2,3)22-13-19-12-20-22/h4-7,12-13,24H,8-11H2,1-3H3/t18-/m0/s1. The SMILES string of the molecule is Cc1ccc(OC[C@]2(O)CCN(C(=O)C(C)(C)n3cncn3)C2)cc1. The van der Waals surface area contributed by atoms with Gasteiger partial charge in [-0.1, -0.05) is 17.7 Å². The van der Waals surface area contributed by atoms with E-state index in [1.54, 1.807) is 18.7 Å². The summed E-state index contributed by atoms with van der Waals surface area (Å²) >= 11 is 0. The Bertz CT molecular complexity index is 727. The zero-order valence-corrected chi connectivity index (χ0v) is 14.8. The molecule has 0 unspecified atom stereocenters. The molecule has 1 atom stereocenters. The van der Waals surface area contributed by atoms with E-state index < -0.39 is 11.1 Å². The van der Waals surface area contributed by atoms with E-state index >= 15 is 0 Å². The molecule has 0 saturated carbocycles. The van der Waals surface area contributed by atoms with Crippen molar-refractivity contribution in [3.8, 4) is 5.75 Å². The molecule has 1 fully saturated rings. The van der Waals surface area contributed by atoms with Gasteiger partial charge in [0.25, 0.3) is 0 Å². The molecular formula is C18H24N4O3. The lowest BCUT2D eigenvalue weighted by Gasteiger charge is -2.30. The van der Waals surface area contributed by atoms with Crippen LogP contribution in [-0.4, -0.2) is 56.0 Å². The maximum absolute atomic E-state index is 12.9. The Hall–Kier alpha value is -2.41. The number of aryl methyl sites for hydroxylation is 1. The first-order valence-electron chi connectivity index (χ1n) is 8.37. The molecule has 0 radical (unpaired) electrons. The summed E-state index contributed by atoms with van der Waals surface area (Å²) in [6.07, 6.45) is 3.42. The van der Waals surface area contributed by atoms with Crippen LogP contribution in [0.25, 0.3) is 0 Å². The molecule has 3 rings (SSSR count).